The van der Waals surface area contributed by atoms with Crippen LogP contribution < -0.4 is 11.5 Å². The summed E-state index contributed by atoms with van der Waals surface area (Å²) in [5.74, 6) is 0.277. The zero-order chi connectivity index (χ0) is 11.8. The van der Waals surface area contributed by atoms with Crippen molar-refractivity contribution in [2.45, 2.75) is 19.3 Å². The predicted molar refractivity (Wildman–Crippen MR) is 65.3 cm³/mol. The fourth-order valence-corrected chi connectivity index (χ4v) is 1.37. The SMILES string of the molecule is NC(N)=NCCCCC(=O)c1ccccc1. The van der Waals surface area contributed by atoms with Gasteiger partial charge in [0, 0.05) is 18.5 Å². The Morgan fingerprint density at radius 2 is 1.81 bits per heavy atom. The van der Waals surface area contributed by atoms with E-state index in [-0.39, 0.29) is 11.7 Å². The van der Waals surface area contributed by atoms with E-state index in [4.69, 9.17) is 11.5 Å². The molecule has 0 aliphatic rings. The second-order valence-corrected chi connectivity index (χ2v) is 3.55. The Kier molecular flexibility index (Phi) is 5.05. The summed E-state index contributed by atoms with van der Waals surface area (Å²) in [5, 5.41) is 0. The fraction of sp³-hybridized carbons (Fsp3) is 0.333. The smallest absolute Gasteiger partial charge is 0.185 e. The summed E-state index contributed by atoms with van der Waals surface area (Å²) < 4.78 is 0. The van der Waals surface area contributed by atoms with Gasteiger partial charge in [0.15, 0.2) is 11.7 Å². The van der Waals surface area contributed by atoms with Gasteiger partial charge < -0.3 is 11.5 Å². The molecule has 86 valence electrons. The molecule has 0 aliphatic carbocycles. The summed E-state index contributed by atoms with van der Waals surface area (Å²) in [6.45, 7) is 0.588. The van der Waals surface area contributed by atoms with Gasteiger partial charge in [0.1, 0.15) is 0 Å². The third kappa shape index (κ3) is 4.59. The molecule has 0 atom stereocenters. The number of carbonyl (C=O) groups is 1. The minimum absolute atomic E-state index is 0.106. The first-order valence-corrected chi connectivity index (χ1v) is 5.34. The topological polar surface area (TPSA) is 81.5 Å². The van der Waals surface area contributed by atoms with Crippen molar-refractivity contribution in [1.82, 2.24) is 0 Å². The molecule has 0 radical (unpaired) electrons. The minimum Gasteiger partial charge on any atom is -0.370 e. The monoisotopic (exact) mass is 219 g/mol. The van der Waals surface area contributed by atoms with Gasteiger partial charge in [0.05, 0.1) is 0 Å². The lowest BCUT2D eigenvalue weighted by Crippen LogP contribution is -2.22. The van der Waals surface area contributed by atoms with E-state index < -0.39 is 0 Å². The van der Waals surface area contributed by atoms with Gasteiger partial charge in [-0.2, -0.15) is 0 Å². The van der Waals surface area contributed by atoms with Crippen molar-refractivity contribution in [3.05, 3.63) is 35.9 Å². The Bertz CT molecular complexity index is 356. The highest BCUT2D eigenvalue weighted by Crippen LogP contribution is 2.06. The zero-order valence-corrected chi connectivity index (χ0v) is 9.23. The lowest BCUT2D eigenvalue weighted by atomic mass is 10.1. The van der Waals surface area contributed by atoms with Crippen molar-refractivity contribution in [1.29, 1.82) is 0 Å². The Morgan fingerprint density at radius 1 is 1.12 bits per heavy atom. The van der Waals surface area contributed by atoms with Gasteiger partial charge in [0.25, 0.3) is 0 Å². The molecule has 16 heavy (non-hydrogen) atoms. The van der Waals surface area contributed by atoms with E-state index in [0.717, 1.165) is 18.4 Å². The molecule has 0 spiro atoms. The molecule has 0 unspecified atom stereocenters. The van der Waals surface area contributed by atoms with Crippen molar-refractivity contribution in [3.63, 3.8) is 0 Å². The number of benzene rings is 1. The highest BCUT2D eigenvalue weighted by Gasteiger charge is 2.03. The molecule has 0 bridgehead atoms. The highest BCUT2D eigenvalue weighted by molar-refractivity contribution is 5.95. The first-order chi connectivity index (χ1) is 7.70. The van der Waals surface area contributed by atoms with Gasteiger partial charge in [-0.25, -0.2) is 0 Å². The van der Waals surface area contributed by atoms with Gasteiger partial charge in [0.2, 0.25) is 0 Å². The van der Waals surface area contributed by atoms with E-state index in [1.54, 1.807) is 0 Å². The maximum atomic E-state index is 11.7. The van der Waals surface area contributed by atoms with E-state index in [9.17, 15) is 4.79 Å². The molecule has 0 saturated heterocycles. The number of guanidine groups is 1. The second-order valence-electron chi connectivity index (χ2n) is 3.55. The van der Waals surface area contributed by atoms with Gasteiger partial charge in [-0.3, -0.25) is 9.79 Å². The van der Waals surface area contributed by atoms with Crippen LogP contribution in [-0.4, -0.2) is 18.3 Å². The van der Waals surface area contributed by atoms with Crippen LogP contribution in [0.4, 0.5) is 0 Å². The molecule has 0 aliphatic heterocycles. The molecule has 1 aromatic carbocycles. The van der Waals surface area contributed by atoms with Gasteiger partial charge in [-0.05, 0) is 12.8 Å². The number of nitrogens with two attached hydrogens (primary N) is 2. The number of hydrogen-bond acceptors (Lipinski definition) is 2. The van der Waals surface area contributed by atoms with E-state index in [2.05, 4.69) is 4.99 Å². The average Bonchev–Trinajstić information content (AvgIpc) is 2.29. The molecule has 4 nitrogen and oxygen atoms in total. The van der Waals surface area contributed by atoms with E-state index in [1.807, 2.05) is 30.3 Å². The molecule has 0 aromatic heterocycles. The van der Waals surface area contributed by atoms with Crippen LogP contribution in [0, 0.1) is 0 Å². The number of unbranched alkanes of at least 4 members (excludes halogenated alkanes) is 1. The van der Waals surface area contributed by atoms with E-state index in [0.29, 0.717) is 13.0 Å². The molecule has 1 rings (SSSR count). The highest BCUT2D eigenvalue weighted by atomic mass is 16.1. The van der Waals surface area contributed by atoms with Gasteiger partial charge in [-0.15, -0.1) is 0 Å². The van der Waals surface area contributed by atoms with Crippen LogP contribution in [0.2, 0.25) is 0 Å². The number of carbonyl (C=O) groups excluding carboxylic acids is 1. The van der Waals surface area contributed by atoms with Crippen molar-refractivity contribution in [2.24, 2.45) is 16.5 Å². The number of hydrogen-bond donors (Lipinski definition) is 2. The van der Waals surface area contributed by atoms with Gasteiger partial charge >= 0.3 is 0 Å². The normalized spacial score (nSPS) is 9.75. The molecular formula is C12H17N3O. The second kappa shape index (κ2) is 6.61. The maximum absolute atomic E-state index is 11.7. The predicted octanol–water partition coefficient (Wildman–Crippen LogP) is 1.31. The summed E-state index contributed by atoms with van der Waals surface area (Å²) in [5.41, 5.74) is 11.1. The van der Waals surface area contributed by atoms with Crippen LogP contribution >= 0.6 is 0 Å². The Hall–Kier alpha value is -1.84. The molecule has 1 aromatic rings. The van der Waals surface area contributed by atoms with Gasteiger partial charge in [-0.1, -0.05) is 30.3 Å². The molecule has 0 fully saturated rings. The number of ketones is 1. The van der Waals surface area contributed by atoms with Crippen molar-refractivity contribution < 1.29 is 4.79 Å². The van der Waals surface area contributed by atoms with Crippen molar-refractivity contribution in [2.75, 3.05) is 6.54 Å². The summed E-state index contributed by atoms with van der Waals surface area (Å²) in [7, 11) is 0. The fourth-order valence-electron chi connectivity index (χ4n) is 1.37. The minimum atomic E-state index is 0.106. The first kappa shape index (κ1) is 12.2. The van der Waals surface area contributed by atoms with Crippen molar-refractivity contribution in [3.8, 4) is 0 Å². The third-order valence-electron chi connectivity index (χ3n) is 2.20. The molecule has 0 saturated carbocycles. The average molecular weight is 219 g/mol. The summed E-state index contributed by atoms with van der Waals surface area (Å²) in [6.07, 6.45) is 2.19. The Balaban J connectivity index is 2.24. The Labute approximate surface area is 95.4 Å². The quantitative estimate of drug-likeness (QED) is 0.327. The standard InChI is InChI=1S/C12H17N3O/c13-12(14)15-9-5-4-8-11(16)10-6-2-1-3-7-10/h1-3,6-7H,4-5,8-9H2,(H4,13,14,15). The van der Waals surface area contributed by atoms with E-state index in [1.165, 1.54) is 0 Å². The van der Waals surface area contributed by atoms with Crippen LogP contribution in [0.3, 0.4) is 0 Å². The molecular weight excluding hydrogens is 202 g/mol. The lowest BCUT2D eigenvalue weighted by molar-refractivity contribution is 0.0979. The third-order valence-corrected chi connectivity index (χ3v) is 2.20. The molecule has 0 heterocycles. The number of Topliss-reactive ketones (excluding diaryl/α,β-unsaturated/α-hetero) is 1. The molecule has 4 heteroatoms. The number of nitrogens with zero attached hydrogens (tertiary/aromatic N) is 1. The largest absolute Gasteiger partial charge is 0.370 e. The summed E-state index contributed by atoms with van der Waals surface area (Å²) >= 11 is 0. The lowest BCUT2D eigenvalue weighted by Gasteiger charge is -1.99. The van der Waals surface area contributed by atoms with Crippen LogP contribution in [0.5, 0.6) is 0 Å². The number of aliphatic imine (C=N–C) groups is 1. The van der Waals surface area contributed by atoms with E-state index >= 15 is 0 Å². The summed E-state index contributed by atoms with van der Waals surface area (Å²) in [6, 6.07) is 9.30. The molecule has 0 amide bonds. The van der Waals surface area contributed by atoms with Crippen LogP contribution in [0.1, 0.15) is 29.6 Å². The van der Waals surface area contributed by atoms with Crippen LogP contribution in [0.25, 0.3) is 0 Å². The van der Waals surface area contributed by atoms with Crippen molar-refractivity contribution >= 4 is 11.7 Å². The molecule has 4 N–H and O–H groups in total. The maximum Gasteiger partial charge on any atom is 0.185 e. The van der Waals surface area contributed by atoms with Crippen LogP contribution in [-0.2, 0) is 0 Å². The van der Waals surface area contributed by atoms with Crippen LogP contribution in [0.15, 0.2) is 35.3 Å². The first-order valence-electron chi connectivity index (χ1n) is 5.34. The number of rotatable bonds is 6. The Morgan fingerprint density at radius 3 is 2.44 bits per heavy atom. The zero-order valence-electron chi connectivity index (χ0n) is 9.23. The summed E-state index contributed by atoms with van der Waals surface area (Å²) in [4.78, 5) is 15.5.